The zero-order chi connectivity index (χ0) is 23.8. The number of carbonyl (C=O) groups is 2. The van der Waals surface area contributed by atoms with Gasteiger partial charge >= 0.3 is 0 Å². The van der Waals surface area contributed by atoms with Gasteiger partial charge in [0, 0.05) is 5.02 Å². The molecule has 0 aliphatic carbocycles. The van der Waals surface area contributed by atoms with Gasteiger partial charge in [0.2, 0.25) is 11.8 Å². The second-order valence-corrected chi connectivity index (χ2v) is 10.0. The first-order valence-electron chi connectivity index (χ1n) is 10.2. The van der Waals surface area contributed by atoms with Crippen molar-refractivity contribution in [3.8, 4) is 0 Å². The first kappa shape index (κ1) is 22.8. The molecule has 0 spiro atoms. The Morgan fingerprint density at radius 1 is 1.03 bits per heavy atom. The maximum atomic E-state index is 13.7. The average Bonchev–Trinajstić information content (AvgIpc) is 2.79. The fourth-order valence-corrected chi connectivity index (χ4v) is 5.31. The summed E-state index contributed by atoms with van der Waals surface area (Å²) in [7, 11) is -4.11. The Balaban J connectivity index is 1.78. The van der Waals surface area contributed by atoms with Crippen LogP contribution < -0.4 is 14.5 Å². The van der Waals surface area contributed by atoms with Gasteiger partial charge in [0.05, 0.1) is 22.0 Å². The van der Waals surface area contributed by atoms with E-state index in [-0.39, 0.29) is 17.3 Å². The number of nitrogens with one attached hydrogen (secondary N) is 1. The predicted octanol–water partition coefficient (Wildman–Crippen LogP) is 4.14. The molecule has 0 radical (unpaired) electrons. The van der Waals surface area contributed by atoms with Crippen LogP contribution in [0, 0.1) is 13.8 Å². The van der Waals surface area contributed by atoms with Gasteiger partial charge in [0.1, 0.15) is 13.1 Å². The molecule has 7 nitrogen and oxygen atoms in total. The molecule has 0 unspecified atom stereocenters. The lowest BCUT2D eigenvalue weighted by Crippen LogP contribution is -2.48. The van der Waals surface area contributed by atoms with Crippen molar-refractivity contribution in [2.24, 2.45) is 0 Å². The largest absolute Gasteiger partial charge is 0.323 e. The minimum atomic E-state index is -4.11. The van der Waals surface area contributed by atoms with Crippen LogP contribution in [-0.4, -0.2) is 33.3 Å². The monoisotopic (exact) mass is 483 g/mol. The van der Waals surface area contributed by atoms with Crippen molar-refractivity contribution >= 4 is 50.5 Å². The van der Waals surface area contributed by atoms with Crippen LogP contribution in [0.4, 0.5) is 17.1 Å². The summed E-state index contributed by atoms with van der Waals surface area (Å²) in [5, 5.41) is 3.11. The summed E-state index contributed by atoms with van der Waals surface area (Å²) in [5.74, 6) is -0.888. The lowest BCUT2D eigenvalue weighted by atomic mass is 10.2. The minimum Gasteiger partial charge on any atom is -0.323 e. The lowest BCUT2D eigenvalue weighted by Gasteiger charge is -2.32. The molecule has 33 heavy (non-hydrogen) atoms. The standard InChI is InChI=1S/C24H22ClN3O4S/c1-16-10-12-18(13-11-16)33(31,32)28(21-9-5-6-19(25)17(21)2)15-24(30)27-14-23(29)26-20-7-3-4-8-22(20)27/h3-13H,14-15H2,1-2H3,(H,26,29). The summed E-state index contributed by atoms with van der Waals surface area (Å²) in [6.45, 7) is 2.85. The van der Waals surface area contributed by atoms with Crippen molar-refractivity contribution in [1.82, 2.24) is 0 Å². The van der Waals surface area contributed by atoms with Crippen molar-refractivity contribution in [3.05, 3.63) is 82.9 Å². The van der Waals surface area contributed by atoms with Crippen LogP contribution in [0.25, 0.3) is 0 Å². The number of benzene rings is 3. The zero-order valence-corrected chi connectivity index (χ0v) is 19.7. The molecule has 0 saturated heterocycles. The first-order valence-corrected chi connectivity index (χ1v) is 12.0. The van der Waals surface area contributed by atoms with Gasteiger partial charge in [-0.3, -0.25) is 18.8 Å². The number of amides is 2. The fourth-order valence-electron chi connectivity index (χ4n) is 3.67. The molecular formula is C24H22ClN3O4S. The molecule has 1 aliphatic heterocycles. The molecule has 0 atom stereocenters. The number of anilines is 3. The summed E-state index contributed by atoms with van der Waals surface area (Å²) >= 11 is 6.28. The van der Waals surface area contributed by atoms with Crippen LogP contribution in [0.3, 0.4) is 0 Å². The smallest absolute Gasteiger partial charge is 0.264 e. The molecule has 4 rings (SSSR count). The third-order valence-electron chi connectivity index (χ3n) is 5.47. The molecule has 1 aliphatic rings. The van der Waals surface area contributed by atoms with E-state index in [9.17, 15) is 18.0 Å². The summed E-state index contributed by atoms with van der Waals surface area (Å²) in [5.41, 5.74) is 2.74. The summed E-state index contributed by atoms with van der Waals surface area (Å²) in [6.07, 6.45) is 0. The molecule has 0 saturated carbocycles. The van der Waals surface area contributed by atoms with Crippen molar-refractivity contribution in [1.29, 1.82) is 0 Å². The van der Waals surface area contributed by atoms with Crippen LogP contribution in [-0.2, 0) is 19.6 Å². The average molecular weight is 484 g/mol. The van der Waals surface area contributed by atoms with E-state index in [0.717, 1.165) is 9.87 Å². The number of aryl methyl sites for hydroxylation is 1. The zero-order valence-electron chi connectivity index (χ0n) is 18.1. The van der Waals surface area contributed by atoms with Gasteiger partial charge in [-0.2, -0.15) is 0 Å². The summed E-state index contributed by atoms with van der Waals surface area (Å²) in [6, 6.07) is 18.2. The summed E-state index contributed by atoms with van der Waals surface area (Å²) < 4.78 is 28.4. The molecule has 1 heterocycles. The van der Waals surface area contributed by atoms with E-state index in [2.05, 4.69) is 5.32 Å². The van der Waals surface area contributed by atoms with Gasteiger partial charge < -0.3 is 5.32 Å². The van der Waals surface area contributed by atoms with E-state index < -0.39 is 22.5 Å². The number of hydrogen-bond acceptors (Lipinski definition) is 4. The Morgan fingerprint density at radius 3 is 2.45 bits per heavy atom. The van der Waals surface area contributed by atoms with Gasteiger partial charge in [-0.25, -0.2) is 8.42 Å². The number of rotatable bonds is 5. The van der Waals surface area contributed by atoms with Gasteiger partial charge in [0.25, 0.3) is 10.0 Å². The first-order chi connectivity index (χ1) is 15.7. The quantitative estimate of drug-likeness (QED) is 0.591. The highest BCUT2D eigenvalue weighted by Gasteiger charge is 2.33. The Labute approximate surface area is 197 Å². The minimum absolute atomic E-state index is 0.0528. The van der Waals surface area contributed by atoms with Crippen molar-refractivity contribution in [2.45, 2.75) is 18.7 Å². The van der Waals surface area contributed by atoms with E-state index in [1.165, 1.54) is 17.0 Å². The second kappa shape index (κ2) is 8.88. The predicted molar refractivity (Wildman–Crippen MR) is 129 cm³/mol. The van der Waals surface area contributed by atoms with Crippen LogP contribution in [0.5, 0.6) is 0 Å². The molecular weight excluding hydrogens is 462 g/mol. The van der Waals surface area contributed by atoms with Crippen LogP contribution in [0.15, 0.2) is 71.6 Å². The topological polar surface area (TPSA) is 86.8 Å². The fraction of sp³-hybridized carbons (Fsp3) is 0.167. The second-order valence-electron chi connectivity index (χ2n) is 7.75. The van der Waals surface area contributed by atoms with Gasteiger partial charge in [0.15, 0.2) is 0 Å². The molecule has 9 heteroatoms. The van der Waals surface area contributed by atoms with Gasteiger partial charge in [-0.15, -0.1) is 0 Å². The highest BCUT2D eigenvalue weighted by atomic mass is 35.5. The number of fused-ring (bicyclic) bond motifs is 1. The highest BCUT2D eigenvalue weighted by molar-refractivity contribution is 7.92. The molecule has 170 valence electrons. The Bertz CT molecular complexity index is 1340. The van der Waals surface area contributed by atoms with Crippen LogP contribution in [0.1, 0.15) is 11.1 Å². The Kier molecular flexibility index (Phi) is 6.14. The molecule has 2 amide bonds. The number of nitrogens with zero attached hydrogens (tertiary/aromatic N) is 2. The Hall–Kier alpha value is -3.36. The molecule has 0 bridgehead atoms. The molecule has 1 N–H and O–H groups in total. The number of carbonyl (C=O) groups excluding carboxylic acids is 2. The van der Waals surface area contributed by atoms with E-state index >= 15 is 0 Å². The highest BCUT2D eigenvalue weighted by Crippen LogP contribution is 2.33. The summed E-state index contributed by atoms with van der Waals surface area (Å²) in [4.78, 5) is 27.0. The Morgan fingerprint density at radius 2 is 1.73 bits per heavy atom. The number of para-hydroxylation sites is 2. The van der Waals surface area contributed by atoms with Gasteiger partial charge in [-0.05, 0) is 55.8 Å². The van der Waals surface area contributed by atoms with Crippen LogP contribution >= 0.6 is 11.6 Å². The molecule has 3 aromatic rings. The number of sulfonamides is 1. The number of hydrogen-bond donors (Lipinski definition) is 1. The molecule has 0 aromatic heterocycles. The lowest BCUT2D eigenvalue weighted by molar-refractivity contribution is -0.121. The third-order valence-corrected chi connectivity index (χ3v) is 7.65. The van der Waals surface area contributed by atoms with E-state index in [1.807, 2.05) is 6.92 Å². The molecule has 3 aromatic carbocycles. The van der Waals surface area contributed by atoms with Gasteiger partial charge in [-0.1, -0.05) is 47.5 Å². The van der Waals surface area contributed by atoms with Crippen LogP contribution in [0.2, 0.25) is 5.02 Å². The number of halogens is 1. The SMILES string of the molecule is Cc1ccc(S(=O)(=O)N(CC(=O)N2CC(=O)Nc3ccccc32)c2cccc(Cl)c2C)cc1. The normalized spacial score (nSPS) is 13.3. The van der Waals surface area contributed by atoms with E-state index in [1.54, 1.807) is 61.5 Å². The van der Waals surface area contributed by atoms with Crippen molar-refractivity contribution in [2.75, 3.05) is 27.6 Å². The molecule has 0 fully saturated rings. The van der Waals surface area contributed by atoms with Crippen molar-refractivity contribution in [3.63, 3.8) is 0 Å². The van der Waals surface area contributed by atoms with Crippen molar-refractivity contribution < 1.29 is 18.0 Å². The third kappa shape index (κ3) is 4.44. The maximum absolute atomic E-state index is 13.7. The van der Waals surface area contributed by atoms with E-state index in [4.69, 9.17) is 11.6 Å². The van der Waals surface area contributed by atoms with E-state index in [0.29, 0.717) is 27.6 Å². The maximum Gasteiger partial charge on any atom is 0.264 e.